The number of carboxylic acids is 1. The number of halogens is 1. The number of ether oxygens (including phenoxy) is 4. The van der Waals surface area contributed by atoms with E-state index in [2.05, 4.69) is 11.2 Å². The van der Waals surface area contributed by atoms with Crippen molar-refractivity contribution in [1.82, 2.24) is 14.5 Å². The summed E-state index contributed by atoms with van der Waals surface area (Å²) < 4.78 is 25.1. The van der Waals surface area contributed by atoms with E-state index in [0.717, 1.165) is 5.75 Å². The van der Waals surface area contributed by atoms with Gasteiger partial charge in [0.25, 0.3) is 0 Å². The summed E-state index contributed by atoms with van der Waals surface area (Å²) in [6, 6.07) is 8.32. The Hall–Kier alpha value is -2.41. The van der Waals surface area contributed by atoms with Gasteiger partial charge in [-0.25, -0.2) is 9.78 Å². The largest absolute Gasteiger partial charge is 0.478 e. The van der Waals surface area contributed by atoms with Crippen molar-refractivity contribution < 1.29 is 34.0 Å². The number of carbonyl (C=O) groups is 1. The Morgan fingerprint density at radius 1 is 1.23 bits per heavy atom. The van der Waals surface area contributed by atoms with E-state index in [0.29, 0.717) is 34.1 Å². The fraction of sp³-hybridized carbons (Fsp3) is 0.435. The van der Waals surface area contributed by atoms with Gasteiger partial charge in [0, 0.05) is 5.56 Å². The van der Waals surface area contributed by atoms with Gasteiger partial charge in [0.2, 0.25) is 0 Å². The Morgan fingerprint density at radius 2 is 2.00 bits per heavy atom. The average molecular weight is 523 g/mol. The number of nitrogens with zero attached hydrogens (tertiary/aromatic N) is 3. The van der Waals surface area contributed by atoms with Crippen LogP contribution in [0.15, 0.2) is 30.3 Å². The zero-order valence-corrected chi connectivity index (χ0v) is 20.5. The van der Waals surface area contributed by atoms with Gasteiger partial charge in [-0.05, 0) is 30.0 Å². The van der Waals surface area contributed by atoms with Crippen LogP contribution in [-0.2, 0) is 32.7 Å². The number of carboxylic acid groups (broad SMARTS) is 1. The lowest BCUT2D eigenvalue weighted by Crippen LogP contribution is -2.35. The monoisotopic (exact) mass is 522 g/mol. The number of hydrogen-bond acceptors (Lipinski definition) is 8. The molecule has 5 rings (SSSR count). The molecule has 1 aromatic carbocycles. The van der Waals surface area contributed by atoms with Crippen molar-refractivity contribution in [2.75, 3.05) is 31.8 Å². The van der Waals surface area contributed by atoms with Gasteiger partial charge in [-0.2, -0.15) is 4.98 Å². The summed E-state index contributed by atoms with van der Waals surface area (Å²) in [5.74, 6) is -0.124. The molecule has 0 bridgehead atoms. The van der Waals surface area contributed by atoms with Crippen molar-refractivity contribution in [3.63, 3.8) is 0 Å². The van der Waals surface area contributed by atoms with E-state index in [4.69, 9.17) is 35.5 Å². The van der Waals surface area contributed by atoms with Gasteiger partial charge in [0.1, 0.15) is 36.3 Å². The van der Waals surface area contributed by atoms with Gasteiger partial charge in [0.15, 0.2) is 11.8 Å². The first-order valence-electron chi connectivity index (χ1n) is 11.1. The number of hydrogen-bond donors (Lipinski definition) is 2. The summed E-state index contributed by atoms with van der Waals surface area (Å²) in [5.41, 5.74) is 2.37. The van der Waals surface area contributed by atoms with Crippen LogP contribution in [0.25, 0.3) is 22.4 Å². The number of benzene rings is 1. The first-order valence-corrected chi connectivity index (χ1v) is 13.0. The minimum atomic E-state index is -1.01. The molecule has 186 valence electrons. The van der Waals surface area contributed by atoms with Crippen LogP contribution in [0, 0.1) is 0 Å². The standard InChI is InChI=1S/C23H24ClN3O7S/c1-35-7-6-31-11-27-21-15(25-23(27)34-17-10-33-19-16(28)9-32-20(17)19)8-14(24)18(26-21)12-2-4-13(5-3-12)22(29)30/h2-5,8,16-17,19-20,28H,6-7,9-11H2,1H3,(H,29,30)/p+1/t16-,17-,19-,20-/m1/s1. The van der Waals surface area contributed by atoms with Gasteiger partial charge in [-0.15, -0.1) is 0 Å². The molecule has 3 aromatic rings. The Kier molecular flexibility index (Phi) is 7.14. The maximum Gasteiger partial charge on any atom is 0.335 e. The zero-order chi connectivity index (χ0) is 24.5. The predicted octanol–water partition coefficient (Wildman–Crippen LogP) is 1.77. The quantitative estimate of drug-likeness (QED) is 0.246. The van der Waals surface area contributed by atoms with Crippen molar-refractivity contribution in [2.45, 2.75) is 31.1 Å². The van der Waals surface area contributed by atoms with Crippen molar-refractivity contribution in [3.8, 4) is 17.3 Å². The molecule has 10 nitrogen and oxygen atoms in total. The normalized spacial score (nSPS) is 23.6. The summed E-state index contributed by atoms with van der Waals surface area (Å²) in [4.78, 5) is 20.6. The molecule has 2 aliphatic heterocycles. The van der Waals surface area contributed by atoms with Crippen molar-refractivity contribution in [3.05, 3.63) is 40.9 Å². The van der Waals surface area contributed by atoms with Crippen LogP contribution in [0.1, 0.15) is 10.4 Å². The van der Waals surface area contributed by atoms with Crippen LogP contribution in [0.4, 0.5) is 0 Å². The second kappa shape index (κ2) is 10.3. The first kappa shape index (κ1) is 24.3. The molecule has 0 spiro atoms. The topological polar surface area (TPSA) is 125 Å². The van der Waals surface area contributed by atoms with Gasteiger partial charge < -0.3 is 29.2 Å². The van der Waals surface area contributed by atoms with Crippen molar-refractivity contribution >= 4 is 40.5 Å². The minimum absolute atomic E-state index is 0.165. The number of aromatic carboxylic acids is 1. The van der Waals surface area contributed by atoms with E-state index in [9.17, 15) is 15.0 Å². The van der Waals surface area contributed by atoms with Crippen LogP contribution < -0.4 is 4.74 Å². The average Bonchev–Trinajstić information content (AvgIpc) is 3.52. The Bertz CT molecular complexity index is 1220. The van der Waals surface area contributed by atoms with Gasteiger partial charge in [0.05, 0.1) is 42.4 Å². The van der Waals surface area contributed by atoms with E-state index in [1.165, 1.54) is 23.9 Å². The summed E-state index contributed by atoms with van der Waals surface area (Å²) in [6.07, 6.45) is 0.117. The molecule has 2 saturated heterocycles. The number of thiol groups is 1. The predicted molar refractivity (Wildman–Crippen MR) is 130 cm³/mol. The smallest absolute Gasteiger partial charge is 0.335 e. The molecule has 0 saturated carbocycles. The lowest BCUT2D eigenvalue weighted by molar-refractivity contribution is 0.00344. The van der Waals surface area contributed by atoms with Gasteiger partial charge in [-0.1, -0.05) is 23.7 Å². The molecule has 2 fully saturated rings. The molecular formula is C23H25ClN3O7S+. The second-order valence-electron chi connectivity index (χ2n) is 8.26. The maximum atomic E-state index is 11.2. The number of imidazole rings is 1. The molecule has 0 radical (unpaired) electrons. The maximum absolute atomic E-state index is 11.2. The Labute approximate surface area is 210 Å². The number of fused-ring (bicyclic) bond motifs is 2. The number of aliphatic hydroxyl groups excluding tert-OH is 1. The third kappa shape index (κ3) is 4.84. The van der Waals surface area contributed by atoms with Crippen molar-refractivity contribution in [1.29, 1.82) is 0 Å². The Balaban J connectivity index is 1.49. The molecule has 35 heavy (non-hydrogen) atoms. The van der Waals surface area contributed by atoms with Crippen LogP contribution in [0.3, 0.4) is 0 Å². The molecule has 2 aromatic heterocycles. The summed E-state index contributed by atoms with van der Waals surface area (Å²) in [6.45, 7) is 1.19. The van der Waals surface area contributed by atoms with E-state index >= 15 is 0 Å². The van der Waals surface area contributed by atoms with E-state index < -0.39 is 30.4 Å². The molecule has 12 heteroatoms. The highest BCUT2D eigenvalue weighted by Crippen LogP contribution is 2.34. The summed E-state index contributed by atoms with van der Waals surface area (Å²) in [7, 11) is 0. The zero-order valence-electron chi connectivity index (χ0n) is 18.8. The molecule has 2 aliphatic rings. The molecule has 0 amide bonds. The molecule has 0 aliphatic carbocycles. The highest BCUT2D eigenvalue weighted by Gasteiger charge is 2.48. The number of pyridine rings is 1. The molecule has 2 N–H and O–H groups in total. The minimum Gasteiger partial charge on any atom is -0.478 e. The number of aliphatic hydroxyl groups is 1. The number of rotatable bonds is 9. The molecule has 0 unspecified atom stereocenters. The van der Waals surface area contributed by atoms with Crippen LogP contribution in [-0.4, -0.2) is 87.0 Å². The summed E-state index contributed by atoms with van der Waals surface area (Å²) in [5, 5.41) is 19.6. The third-order valence-corrected chi connectivity index (χ3v) is 6.88. The van der Waals surface area contributed by atoms with Crippen molar-refractivity contribution in [2.24, 2.45) is 0 Å². The van der Waals surface area contributed by atoms with Crippen LogP contribution in [0.2, 0.25) is 5.02 Å². The third-order valence-electron chi connectivity index (χ3n) is 5.96. The first-order chi connectivity index (χ1) is 17.0. The lowest BCUT2D eigenvalue weighted by Gasteiger charge is -2.18. The van der Waals surface area contributed by atoms with Gasteiger partial charge >= 0.3 is 12.0 Å². The second-order valence-corrected chi connectivity index (χ2v) is 9.75. The fourth-order valence-corrected chi connectivity index (χ4v) is 4.74. The van der Waals surface area contributed by atoms with Gasteiger partial charge in [-0.3, -0.25) is 4.57 Å². The highest BCUT2D eigenvalue weighted by molar-refractivity contribution is 7.77. The molecule has 4 heterocycles. The van der Waals surface area contributed by atoms with E-state index in [1.54, 1.807) is 22.8 Å². The molecular weight excluding hydrogens is 498 g/mol. The van der Waals surface area contributed by atoms with E-state index in [1.807, 2.05) is 0 Å². The highest BCUT2D eigenvalue weighted by atomic mass is 35.5. The SMILES string of the molecule is C[SH+]CCOCn1c(O[C@@H]2CO[C@H]3[C@@H]2OC[C@H]3O)nc2cc(Cl)c(-c3ccc(C(=O)O)cc3)nc21. The van der Waals surface area contributed by atoms with Crippen LogP contribution in [0.5, 0.6) is 6.01 Å². The number of aromatic nitrogens is 3. The molecule has 4 atom stereocenters. The summed E-state index contributed by atoms with van der Waals surface area (Å²) >= 11 is 7.76. The van der Waals surface area contributed by atoms with Crippen LogP contribution >= 0.6 is 11.6 Å². The fourth-order valence-electron chi connectivity index (χ4n) is 4.18. The van der Waals surface area contributed by atoms with E-state index in [-0.39, 0.29) is 31.5 Å². The lowest BCUT2D eigenvalue weighted by atomic mass is 10.1. The Morgan fingerprint density at radius 3 is 2.74 bits per heavy atom.